The maximum Gasteiger partial charge on any atom is 0.221 e. The number of benzene rings is 1. The number of thioether (sulfide) groups is 1. The molecule has 0 aliphatic carbocycles. The second kappa shape index (κ2) is 8.90. The number of thiazole rings is 1. The average Bonchev–Trinajstić information content (AvgIpc) is 3.27. The first kappa shape index (κ1) is 19.2. The van der Waals surface area contributed by atoms with E-state index in [-0.39, 0.29) is 24.4 Å². The molecule has 0 radical (unpaired) electrons. The second-order valence-electron chi connectivity index (χ2n) is 5.96. The van der Waals surface area contributed by atoms with Gasteiger partial charge in [0, 0.05) is 30.5 Å². The van der Waals surface area contributed by atoms with Crippen LogP contribution in [0, 0.1) is 0 Å². The molecular weight excluding hydrogens is 390 g/mol. The molecule has 1 saturated heterocycles. The lowest BCUT2D eigenvalue weighted by Crippen LogP contribution is -2.41. The van der Waals surface area contributed by atoms with Crippen molar-refractivity contribution < 1.29 is 9.21 Å². The lowest BCUT2D eigenvalue weighted by molar-refractivity contribution is -0.121. The molecule has 1 aliphatic heterocycles. The molecule has 0 spiro atoms. The Bertz CT molecular complexity index is 841. The molecule has 1 amide bonds. The average molecular weight is 410 g/mol. The number of fused-ring (bicyclic) bond motifs is 1. The van der Waals surface area contributed by atoms with Gasteiger partial charge in [0.25, 0.3) is 0 Å². The van der Waals surface area contributed by atoms with Crippen molar-refractivity contribution in [3.8, 4) is 10.8 Å². The fourth-order valence-corrected chi connectivity index (χ4v) is 4.67. The van der Waals surface area contributed by atoms with Crippen molar-refractivity contribution in [3.05, 3.63) is 42.2 Å². The lowest BCUT2D eigenvalue weighted by atomic mass is 10.2. The SMILES string of the molecule is Cl.O=C(CC1CSCCN1)NCc1ccc(-c2nc3ccccc3s2)o1. The molecule has 3 heterocycles. The summed E-state index contributed by atoms with van der Waals surface area (Å²) in [5, 5.41) is 7.18. The van der Waals surface area contributed by atoms with Gasteiger partial charge in [-0.3, -0.25) is 4.79 Å². The molecule has 0 saturated carbocycles. The Hall–Kier alpha value is -1.54. The number of carbonyl (C=O) groups is 1. The molecule has 1 aromatic carbocycles. The summed E-state index contributed by atoms with van der Waals surface area (Å²) in [5.41, 5.74) is 0.978. The molecule has 8 heteroatoms. The van der Waals surface area contributed by atoms with Crippen LogP contribution < -0.4 is 10.6 Å². The molecule has 5 nitrogen and oxygen atoms in total. The van der Waals surface area contributed by atoms with Crippen LogP contribution in [0.15, 0.2) is 40.8 Å². The lowest BCUT2D eigenvalue weighted by Gasteiger charge is -2.22. The minimum Gasteiger partial charge on any atom is -0.457 e. The number of para-hydroxylation sites is 1. The Morgan fingerprint density at radius 3 is 3.00 bits per heavy atom. The van der Waals surface area contributed by atoms with Gasteiger partial charge in [0.05, 0.1) is 16.8 Å². The molecule has 0 bridgehead atoms. The zero-order valence-electron chi connectivity index (χ0n) is 14.1. The number of nitrogens with zero attached hydrogens (tertiary/aromatic N) is 1. The maximum absolute atomic E-state index is 12.1. The van der Waals surface area contributed by atoms with E-state index in [1.165, 1.54) is 0 Å². The number of rotatable bonds is 5. The summed E-state index contributed by atoms with van der Waals surface area (Å²) < 4.78 is 6.99. The van der Waals surface area contributed by atoms with Gasteiger partial charge in [0.2, 0.25) is 5.91 Å². The van der Waals surface area contributed by atoms with Crippen molar-refractivity contribution in [1.82, 2.24) is 15.6 Å². The van der Waals surface area contributed by atoms with E-state index in [1.54, 1.807) is 11.3 Å². The molecule has 1 fully saturated rings. The van der Waals surface area contributed by atoms with Crippen molar-refractivity contribution in [1.29, 1.82) is 0 Å². The zero-order chi connectivity index (χ0) is 17.1. The fraction of sp³-hybridized carbons (Fsp3) is 0.333. The van der Waals surface area contributed by atoms with Crippen LogP contribution in [0.1, 0.15) is 12.2 Å². The predicted octanol–water partition coefficient (Wildman–Crippen LogP) is 3.69. The molecule has 3 aromatic rings. The molecule has 26 heavy (non-hydrogen) atoms. The molecule has 1 atom stereocenters. The molecule has 2 aromatic heterocycles. The predicted molar refractivity (Wildman–Crippen MR) is 110 cm³/mol. The van der Waals surface area contributed by atoms with Gasteiger partial charge in [-0.05, 0) is 24.3 Å². The van der Waals surface area contributed by atoms with E-state index >= 15 is 0 Å². The Morgan fingerprint density at radius 1 is 1.31 bits per heavy atom. The van der Waals surface area contributed by atoms with Crippen molar-refractivity contribution in [3.63, 3.8) is 0 Å². The largest absolute Gasteiger partial charge is 0.457 e. The van der Waals surface area contributed by atoms with Crippen LogP contribution in [0.4, 0.5) is 0 Å². The van der Waals surface area contributed by atoms with Gasteiger partial charge < -0.3 is 15.1 Å². The normalized spacial score (nSPS) is 17.0. The highest BCUT2D eigenvalue weighted by Gasteiger charge is 2.17. The number of furan rings is 1. The fourth-order valence-electron chi connectivity index (χ4n) is 2.80. The first-order valence-corrected chi connectivity index (χ1v) is 10.3. The highest BCUT2D eigenvalue weighted by molar-refractivity contribution is 7.99. The number of halogens is 1. The zero-order valence-corrected chi connectivity index (χ0v) is 16.5. The third-order valence-electron chi connectivity index (χ3n) is 4.06. The molecule has 2 N–H and O–H groups in total. The quantitative estimate of drug-likeness (QED) is 0.672. The van der Waals surface area contributed by atoms with E-state index in [0.29, 0.717) is 13.0 Å². The van der Waals surface area contributed by atoms with Crippen LogP contribution in [0.25, 0.3) is 21.0 Å². The van der Waals surface area contributed by atoms with E-state index in [4.69, 9.17) is 4.42 Å². The molecule has 1 aliphatic rings. The van der Waals surface area contributed by atoms with Gasteiger partial charge in [-0.2, -0.15) is 11.8 Å². The van der Waals surface area contributed by atoms with Crippen LogP contribution in [0.2, 0.25) is 0 Å². The van der Waals surface area contributed by atoms with Gasteiger partial charge in [-0.25, -0.2) is 4.98 Å². The van der Waals surface area contributed by atoms with Gasteiger partial charge in [0.15, 0.2) is 10.8 Å². The van der Waals surface area contributed by atoms with E-state index in [1.807, 2.05) is 42.1 Å². The molecule has 138 valence electrons. The highest BCUT2D eigenvalue weighted by Crippen LogP contribution is 2.31. The van der Waals surface area contributed by atoms with E-state index in [2.05, 4.69) is 21.7 Å². The number of amides is 1. The Morgan fingerprint density at radius 2 is 2.19 bits per heavy atom. The Balaban J connectivity index is 0.00000196. The van der Waals surface area contributed by atoms with Gasteiger partial charge in [-0.15, -0.1) is 23.7 Å². The molecule has 4 rings (SSSR count). The maximum atomic E-state index is 12.1. The van der Waals surface area contributed by atoms with E-state index < -0.39 is 0 Å². The summed E-state index contributed by atoms with van der Waals surface area (Å²) in [7, 11) is 0. The van der Waals surface area contributed by atoms with Gasteiger partial charge in [-0.1, -0.05) is 12.1 Å². The van der Waals surface area contributed by atoms with E-state index in [9.17, 15) is 4.79 Å². The van der Waals surface area contributed by atoms with Gasteiger partial charge in [0.1, 0.15) is 5.76 Å². The minimum absolute atomic E-state index is 0. The van der Waals surface area contributed by atoms with Gasteiger partial charge >= 0.3 is 0 Å². The topological polar surface area (TPSA) is 67.2 Å². The number of carbonyl (C=O) groups excluding carboxylic acids is 1. The summed E-state index contributed by atoms with van der Waals surface area (Å²) in [6.07, 6.45) is 0.512. The van der Waals surface area contributed by atoms with Crippen molar-refractivity contribution in [2.75, 3.05) is 18.1 Å². The summed E-state index contributed by atoms with van der Waals surface area (Å²) in [4.78, 5) is 16.7. The Kier molecular flexibility index (Phi) is 6.58. The smallest absolute Gasteiger partial charge is 0.221 e. The summed E-state index contributed by atoms with van der Waals surface area (Å²) in [6.45, 7) is 1.38. The highest BCUT2D eigenvalue weighted by atomic mass is 35.5. The molecule has 1 unspecified atom stereocenters. The van der Waals surface area contributed by atoms with Crippen LogP contribution in [-0.4, -0.2) is 35.0 Å². The van der Waals surface area contributed by atoms with Crippen LogP contribution in [0.3, 0.4) is 0 Å². The third kappa shape index (κ3) is 4.59. The number of nitrogens with one attached hydrogen (secondary N) is 2. The number of hydrogen-bond acceptors (Lipinski definition) is 6. The van der Waals surface area contributed by atoms with Crippen molar-refractivity contribution >= 4 is 51.6 Å². The second-order valence-corrected chi connectivity index (χ2v) is 8.14. The summed E-state index contributed by atoms with van der Waals surface area (Å²) in [6, 6.07) is 12.1. The number of hydrogen-bond donors (Lipinski definition) is 2. The monoisotopic (exact) mass is 409 g/mol. The summed E-state index contributed by atoms with van der Waals surface area (Å²) in [5.74, 6) is 3.66. The number of aromatic nitrogens is 1. The minimum atomic E-state index is 0. The van der Waals surface area contributed by atoms with Crippen LogP contribution in [0.5, 0.6) is 0 Å². The first-order chi connectivity index (χ1) is 12.3. The van der Waals surface area contributed by atoms with Crippen LogP contribution in [-0.2, 0) is 11.3 Å². The van der Waals surface area contributed by atoms with Crippen molar-refractivity contribution in [2.45, 2.75) is 19.0 Å². The Labute approximate surface area is 166 Å². The third-order valence-corrected chi connectivity index (χ3v) is 6.24. The van der Waals surface area contributed by atoms with Crippen LogP contribution >= 0.6 is 35.5 Å². The van der Waals surface area contributed by atoms with Crippen molar-refractivity contribution in [2.24, 2.45) is 0 Å². The van der Waals surface area contributed by atoms with E-state index in [0.717, 1.165) is 44.8 Å². The summed E-state index contributed by atoms with van der Waals surface area (Å²) >= 11 is 3.50. The standard InChI is InChI=1S/C18H19N3O2S2.ClH/c22-17(9-12-11-24-8-7-19-12)20-10-13-5-6-15(23-13)18-21-14-3-1-2-4-16(14)25-18;/h1-6,12,19H,7-11H2,(H,20,22);1H. The molecular formula is C18H20ClN3O2S2. The first-order valence-electron chi connectivity index (χ1n) is 8.30.